The van der Waals surface area contributed by atoms with Crippen LogP contribution in [0.2, 0.25) is 0 Å². The number of carbonyl (C=O) groups excluding carboxylic acids is 2. The van der Waals surface area contributed by atoms with Crippen LogP contribution >= 0.6 is 0 Å². The van der Waals surface area contributed by atoms with Crippen LogP contribution in [0.1, 0.15) is 86.5 Å². The van der Waals surface area contributed by atoms with Gasteiger partial charge in [-0.2, -0.15) is 0 Å². The van der Waals surface area contributed by atoms with Gasteiger partial charge >= 0.3 is 12.1 Å². The summed E-state index contributed by atoms with van der Waals surface area (Å²) in [5.74, 6) is -0.841. The number of hydrogen-bond donors (Lipinski definition) is 3. The molecule has 2 saturated heterocycles. The summed E-state index contributed by atoms with van der Waals surface area (Å²) in [6.07, 6.45) is 8.68. The third kappa shape index (κ3) is 11.4. The maximum atomic E-state index is 13.4. The van der Waals surface area contributed by atoms with E-state index < -0.39 is 47.7 Å². The topological polar surface area (TPSA) is 142 Å². The summed E-state index contributed by atoms with van der Waals surface area (Å²) in [5, 5.41) is 32.0. The average Bonchev–Trinajstić information content (AvgIpc) is 3.80. The number of rotatable bonds is 11. The number of piperidine rings is 1. The maximum absolute atomic E-state index is 13.4. The molecule has 11 heteroatoms. The quantitative estimate of drug-likeness (QED) is 0.125. The summed E-state index contributed by atoms with van der Waals surface area (Å²) in [6.45, 7) is 13.1. The first-order chi connectivity index (χ1) is 22.5. The molecule has 0 bridgehead atoms. The van der Waals surface area contributed by atoms with Crippen molar-refractivity contribution in [1.82, 2.24) is 9.80 Å². The van der Waals surface area contributed by atoms with E-state index in [4.69, 9.17) is 18.9 Å². The lowest BCUT2D eigenvalue weighted by molar-refractivity contribution is -0.151. The van der Waals surface area contributed by atoms with Gasteiger partial charge < -0.3 is 44.1 Å². The molecule has 0 radical (unpaired) electrons. The summed E-state index contributed by atoms with van der Waals surface area (Å²) in [6, 6.07) is 0.0830. The highest BCUT2D eigenvalue weighted by molar-refractivity contribution is 5.70. The Morgan fingerprint density at radius 3 is 2.56 bits per heavy atom. The third-order valence-corrected chi connectivity index (χ3v) is 10.6. The van der Waals surface area contributed by atoms with Crippen LogP contribution in [-0.4, -0.2) is 125 Å². The Balaban J connectivity index is 1.78. The molecule has 0 aromatic carbocycles. The second kappa shape index (κ2) is 17.6. The van der Waals surface area contributed by atoms with Gasteiger partial charge in [0.05, 0.1) is 36.4 Å². The molecule has 3 rings (SSSR count). The van der Waals surface area contributed by atoms with Crippen molar-refractivity contribution in [2.75, 3.05) is 34.3 Å². The lowest BCUT2D eigenvalue weighted by Crippen LogP contribution is -2.49. The minimum absolute atomic E-state index is 0.00396. The molecule has 3 heterocycles. The molecule has 0 spiro atoms. The summed E-state index contributed by atoms with van der Waals surface area (Å²) in [5.41, 5.74) is -1.35. The van der Waals surface area contributed by atoms with Crippen LogP contribution in [0.25, 0.3) is 0 Å². The fraction of sp³-hybridized carbons (Fsp3) is 0.784. The molecular formula is C37H62N2O9. The van der Waals surface area contributed by atoms with Gasteiger partial charge in [-0.3, -0.25) is 4.79 Å². The Bertz CT molecular complexity index is 1150. The number of hydrogen-bond acceptors (Lipinski definition) is 10. The lowest BCUT2D eigenvalue weighted by Gasteiger charge is -2.38. The van der Waals surface area contributed by atoms with Crippen molar-refractivity contribution in [3.63, 3.8) is 0 Å². The third-order valence-electron chi connectivity index (χ3n) is 10.6. The maximum Gasteiger partial charge on any atom is 0.410 e. The number of esters is 1. The van der Waals surface area contributed by atoms with Gasteiger partial charge in [0.15, 0.2) is 6.10 Å². The van der Waals surface area contributed by atoms with Crippen molar-refractivity contribution < 1.29 is 43.9 Å². The highest BCUT2D eigenvalue weighted by atomic mass is 16.6. The van der Waals surface area contributed by atoms with Crippen LogP contribution in [0.5, 0.6) is 0 Å². The predicted molar refractivity (Wildman–Crippen MR) is 184 cm³/mol. The number of likely N-dealkylation sites (tertiary alicyclic amines) is 1. The van der Waals surface area contributed by atoms with Gasteiger partial charge in [-0.15, -0.1) is 0 Å². The first kappa shape index (κ1) is 40.2. The number of amides is 1. The van der Waals surface area contributed by atoms with Crippen LogP contribution in [0.15, 0.2) is 36.0 Å². The standard InChI is InChI=1S/C37H62N2O9/c1-10-29(41)26(4)34-30(46-34)23-36(5,44)18-11-12-24(2)33-25(3)13-14-31(37(6,45-9)19-15-28(40)22-32(42)48-33)47-35(43)39(8)27-16-20-38(7)21-17-27/h11-14,18,25-31,33-34,40-41,44H,10,15-17,19-23H2,1-9H3. The highest BCUT2D eigenvalue weighted by Gasteiger charge is 2.47. The molecule has 48 heavy (non-hydrogen) atoms. The molecule has 0 saturated carbocycles. The predicted octanol–water partition coefficient (Wildman–Crippen LogP) is 4.39. The molecule has 2 fully saturated rings. The number of allylic oxidation sites excluding steroid dienone is 2. The van der Waals surface area contributed by atoms with Crippen molar-refractivity contribution >= 4 is 12.1 Å². The monoisotopic (exact) mass is 678 g/mol. The number of nitrogens with zero attached hydrogens (tertiary/aromatic N) is 2. The van der Waals surface area contributed by atoms with Gasteiger partial charge in [0.1, 0.15) is 11.7 Å². The molecule has 1 amide bonds. The van der Waals surface area contributed by atoms with Gasteiger partial charge in [0.2, 0.25) is 0 Å². The molecule has 0 aromatic heterocycles. The van der Waals surface area contributed by atoms with Crippen molar-refractivity contribution in [2.45, 2.75) is 140 Å². The Morgan fingerprint density at radius 1 is 1.27 bits per heavy atom. The molecule has 0 aliphatic carbocycles. The molecule has 3 aliphatic rings. The molecular weight excluding hydrogens is 616 g/mol. The van der Waals surface area contributed by atoms with Crippen LogP contribution in [0, 0.1) is 11.8 Å². The van der Waals surface area contributed by atoms with Gasteiger partial charge in [0.25, 0.3) is 0 Å². The summed E-state index contributed by atoms with van der Waals surface area (Å²) in [7, 11) is 5.41. The number of ether oxygens (including phenoxy) is 4. The number of methoxy groups -OCH3 is 1. The van der Waals surface area contributed by atoms with Crippen molar-refractivity contribution in [1.29, 1.82) is 0 Å². The summed E-state index contributed by atoms with van der Waals surface area (Å²) < 4.78 is 23.7. The zero-order valence-corrected chi connectivity index (χ0v) is 30.6. The largest absolute Gasteiger partial charge is 0.457 e. The van der Waals surface area contributed by atoms with Gasteiger partial charge in [-0.05, 0) is 84.7 Å². The van der Waals surface area contributed by atoms with Crippen molar-refractivity contribution in [3.8, 4) is 0 Å². The van der Waals surface area contributed by atoms with E-state index in [1.165, 1.54) is 0 Å². The van der Waals surface area contributed by atoms with Crippen molar-refractivity contribution in [3.05, 3.63) is 36.0 Å². The number of carbonyl (C=O) groups is 2. The second-order valence-electron chi connectivity index (χ2n) is 14.8. The fourth-order valence-corrected chi connectivity index (χ4v) is 6.73. The lowest BCUT2D eigenvalue weighted by atomic mass is 9.88. The van der Waals surface area contributed by atoms with Gasteiger partial charge in [-0.1, -0.05) is 45.1 Å². The molecule has 10 atom stereocenters. The first-order valence-corrected chi connectivity index (χ1v) is 17.6. The Hall–Kier alpha value is -2.28. The van der Waals surface area contributed by atoms with Crippen LogP contribution in [-0.2, 0) is 23.7 Å². The van der Waals surface area contributed by atoms with Gasteiger partial charge in [0, 0.05) is 38.5 Å². The number of aliphatic hydroxyl groups excluding tert-OH is 2. The van der Waals surface area contributed by atoms with Crippen molar-refractivity contribution in [2.24, 2.45) is 11.8 Å². The Kier molecular flexibility index (Phi) is 14.7. The minimum Gasteiger partial charge on any atom is -0.457 e. The van der Waals surface area contributed by atoms with E-state index in [1.807, 2.05) is 40.7 Å². The minimum atomic E-state index is -1.14. The number of cyclic esters (lactones) is 1. The normalized spacial score (nSPS) is 34.0. The van der Waals surface area contributed by atoms with Crippen LogP contribution in [0.4, 0.5) is 4.79 Å². The molecule has 274 valence electrons. The van der Waals surface area contributed by atoms with E-state index in [9.17, 15) is 24.9 Å². The summed E-state index contributed by atoms with van der Waals surface area (Å²) in [4.78, 5) is 30.3. The highest BCUT2D eigenvalue weighted by Crippen LogP contribution is 2.37. The zero-order chi connectivity index (χ0) is 35.8. The molecule has 11 nitrogen and oxygen atoms in total. The SMILES string of the molecule is CCC(O)C(C)C1OC1CC(C)(O)C=CC=C(C)C1OC(=O)CC(O)CCC(C)(OC)C(OC(=O)N(C)C2CCN(C)CC2)C=CC1C. The van der Waals surface area contributed by atoms with E-state index >= 15 is 0 Å². The Labute approximate surface area is 287 Å². The molecule has 0 aromatic rings. The number of epoxide rings is 1. The van der Waals surface area contributed by atoms with E-state index in [-0.39, 0.29) is 42.9 Å². The van der Waals surface area contributed by atoms with Crippen LogP contribution in [0.3, 0.4) is 0 Å². The molecule has 3 N–H and O–H groups in total. The Morgan fingerprint density at radius 2 is 1.94 bits per heavy atom. The first-order valence-electron chi connectivity index (χ1n) is 17.6. The van der Waals surface area contributed by atoms with Crippen LogP contribution < -0.4 is 0 Å². The molecule has 3 aliphatic heterocycles. The smallest absolute Gasteiger partial charge is 0.410 e. The van der Waals surface area contributed by atoms with E-state index in [2.05, 4.69) is 11.9 Å². The van der Waals surface area contributed by atoms with E-state index in [0.29, 0.717) is 19.3 Å². The summed E-state index contributed by atoms with van der Waals surface area (Å²) >= 11 is 0. The molecule has 10 unspecified atom stereocenters. The fourth-order valence-electron chi connectivity index (χ4n) is 6.73. The zero-order valence-electron chi connectivity index (χ0n) is 30.6. The average molecular weight is 679 g/mol. The van der Waals surface area contributed by atoms with Gasteiger partial charge in [-0.25, -0.2) is 4.79 Å². The number of aliphatic hydroxyl groups is 3. The second-order valence-corrected chi connectivity index (χ2v) is 14.8. The van der Waals surface area contributed by atoms with E-state index in [1.54, 1.807) is 50.3 Å². The van der Waals surface area contributed by atoms with E-state index in [0.717, 1.165) is 31.5 Å².